The van der Waals surface area contributed by atoms with Crippen LogP contribution >= 0.6 is 0 Å². The van der Waals surface area contributed by atoms with Crippen LogP contribution in [0.25, 0.3) is 0 Å². The zero-order chi connectivity index (χ0) is 11.3. The van der Waals surface area contributed by atoms with E-state index in [1.807, 2.05) is 0 Å². The lowest BCUT2D eigenvalue weighted by Gasteiger charge is -2.29. The van der Waals surface area contributed by atoms with Gasteiger partial charge in [-0.1, -0.05) is 0 Å². The second kappa shape index (κ2) is 5.92. The van der Waals surface area contributed by atoms with Gasteiger partial charge in [-0.2, -0.15) is 0 Å². The fourth-order valence-corrected chi connectivity index (χ4v) is 1.94. The number of hydrazine groups is 1. The van der Waals surface area contributed by atoms with Crippen LogP contribution in [0.1, 0.15) is 19.3 Å². The van der Waals surface area contributed by atoms with Crippen molar-refractivity contribution in [2.24, 2.45) is 11.8 Å². The summed E-state index contributed by atoms with van der Waals surface area (Å²) in [6.07, 6.45) is 3.57. The first-order valence-corrected chi connectivity index (χ1v) is 5.53. The van der Waals surface area contributed by atoms with Crippen molar-refractivity contribution in [1.82, 2.24) is 15.2 Å². The van der Waals surface area contributed by atoms with Gasteiger partial charge in [0.1, 0.15) is 0 Å². The fraction of sp³-hybridized carbons (Fsp3) is 0.900. The molecule has 1 rings (SSSR count). The predicted molar refractivity (Wildman–Crippen MR) is 60.2 cm³/mol. The maximum absolute atomic E-state index is 11.1. The largest absolute Gasteiger partial charge is 0.331 e. The summed E-state index contributed by atoms with van der Waals surface area (Å²) in [5.41, 5.74) is 2.14. The molecule has 0 aromatic rings. The Morgan fingerprint density at radius 2 is 2.13 bits per heavy atom. The third-order valence-corrected chi connectivity index (χ3v) is 3.18. The highest BCUT2D eigenvalue weighted by molar-refractivity contribution is 5.72. The Morgan fingerprint density at radius 1 is 1.53 bits per heavy atom. The third kappa shape index (κ3) is 4.05. The van der Waals surface area contributed by atoms with Crippen molar-refractivity contribution >= 4 is 6.03 Å². The van der Waals surface area contributed by atoms with E-state index in [0.29, 0.717) is 0 Å². The number of nitrogens with two attached hydrogens (primary N) is 1. The van der Waals surface area contributed by atoms with Crippen LogP contribution in [0.3, 0.4) is 0 Å². The standard InChI is InChI=1S/C10H22N4O/c1-13-6-3-9(4-7-13)5-8-14(2)10(15)12-11/h9H,3-8,11H2,1-2H3,(H,12,15). The number of carbonyl (C=O) groups excluding carboxylic acids is 1. The van der Waals surface area contributed by atoms with E-state index >= 15 is 0 Å². The van der Waals surface area contributed by atoms with Crippen molar-refractivity contribution in [3.05, 3.63) is 0 Å². The fourth-order valence-electron chi connectivity index (χ4n) is 1.94. The van der Waals surface area contributed by atoms with Crippen molar-refractivity contribution in [2.75, 3.05) is 33.7 Å². The topological polar surface area (TPSA) is 61.6 Å². The van der Waals surface area contributed by atoms with Crippen LogP contribution in [0.4, 0.5) is 4.79 Å². The Labute approximate surface area is 91.6 Å². The summed E-state index contributed by atoms with van der Waals surface area (Å²) in [6, 6.07) is -0.206. The van der Waals surface area contributed by atoms with Gasteiger partial charge in [-0.05, 0) is 45.3 Å². The van der Waals surface area contributed by atoms with Crippen LogP contribution in [0.2, 0.25) is 0 Å². The smallest absolute Gasteiger partial charge is 0.327 e. The van der Waals surface area contributed by atoms with Crippen LogP contribution in [-0.4, -0.2) is 49.6 Å². The molecule has 5 nitrogen and oxygen atoms in total. The average molecular weight is 214 g/mol. The van der Waals surface area contributed by atoms with Gasteiger partial charge in [0.2, 0.25) is 0 Å². The SMILES string of the molecule is CN1CCC(CCN(C)C(=O)NN)CC1. The molecule has 0 aromatic carbocycles. The molecule has 0 saturated carbocycles. The van der Waals surface area contributed by atoms with Gasteiger partial charge >= 0.3 is 6.03 Å². The zero-order valence-corrected chi connectivity index (χ0v) is 9.70. The molecule has 1 fully saturated rings. The van der Waals surface area contributed by atoms with Gasteiger partial charge in [0.15, 0.2) is 0 Å². The van der Waals surface area contributed by atoms with Gasteiger partial charge < -0.3 is 9.80 Å². The monoisotopic (exact) mass is 214 g/mol. The molecule has 0 aromatic heterocycles. The molecular formula is C10H22N4O. The van der Waals surface area contributed by atoms with Crippen molar-refractivity contribution < 1.29 is 4.79 Å². The van der Waals surface area contributed by atoms with E-state index in [1.165, 1.54) is 25.9 Å². The number of carbonyl (C=O) groups is 1. The molecule has 88 valence electrons. The van der Waals surface area contributed by atoms with Crippen molar-refractivity contribution in [3.63, 3.8) is 0 Å². The number of piperidine rings is 1. The minimum Gasteiger partial charge on any atom is -0.327 e. The molecular weight excluding hydrogens is 192 g/mol. The summed E-state index contributed by atoms with van der Waals surface area (Å²) >= 11 is 0. The number of nitrogens with zero attached hydrogens (tertiary/aromatic N) is 2. The van der Waals surface area contributed by atoms with Gasteiger partial charge in [0, 0.05) is 13.6 Å². The summed E-state index contributed by atoms with van der Waals surface area (Å²) < 4.78 is 0. The van der Waals surface area contributed by atoms with E-state index in [9.17, 15) is 4.79 Å². The van der Waals surface area contributed by atoms with E-state index in [0.717, 1.165) is 18.9 Å². The maximum Gasteiger partial charge on any atom is 0.331 e. The number of amides is 2. The molecule has 0 bridgehead atoms. The van der Waals surface area contributed by atoms with E-state index in [-0.39, 0.29) is 6.03 Å². The number of rotatable bonds is 3. The summed E-state index contributed by atoms with van der Waals surface area (Å²) in [4.78, 5) is 15.1. The molecule has 1 saturated heterocycles. The van der Waals surface area contributed by atoms with E-state index < -0.39 is 0 Å². The van der Waals surface area contributed by atoms with Crippen LogP contribution in [0.5, 0.6) is 0 Å². The summed E-state index contributed by atoms with van der Waals surface area (Å²) in [7, 11) is 3.93. The molecule has 2 amide bonds. The molecule has 5 heteroatoms. The normalized spacial score (nSPS) is 18.9. The Balaban J connectivity index is 2.17. The zero-order valence-electron chi connectivity index (χ0n) is 9.70. The van der Waals surface area contributed by atoms with Crippen molar-refractivity contribution in [2.45, 2.75) is 19.3 Å². The maximum atomic E-state index is 11.1. The number of urea groups is 1. The molecule has 15 heavy (non-hydrogen) atoms. The lowest BCUT2D eigenvalue weighted by Crippen LogP contribution is -2.42. The Bertz CT molecular complexity index is 202. The van der Waals surface area contributed by atoms with E-state index in [4.69, 9.17) is 5.84 Å². The van der Waals surface area contributed by atoms with Gasteiger partial charge in [-0.15, -0.1) is 0 Å². The second-order valence-corrected chi connectivity index (χ2v) is 4.41. The minimum atomic E-state index is -0.206. The van der Waals surface area contributed by atoms with Gasteiger partial charge in [-0.3, -0.25) is 5.43 Å². The number of likely N-dealkylation sites (tertiary alicyclic amines) is 1. The van der Waals surface area contributed by atoms with Gasteiger partial charge in [0.05, 0.1) is 0 Å². The highest BCUT2D eigenvalue weighted by Gasteiger charge is 2.17. The quantitative estimate of drug-likeness (QED) is 0.402. The van der Waals surface area contributed by atoms with Crippen molar-refractivity contribution in [3.8, 4) is 0 Å². The molecule has 1 heterocycles. The lowest BCUT2D eigenvalue weighted by molar-refractivity contribution is 0.186. The second-order valence-electron chi connectivity index (χ2n) is 4.41. The highest BCUT2D eigenvalue weighted by Crippen LogP contribution is 2.19. The summed E-state index contributed by atoms with van der Waals surface area (Å²) in [5.74, 6) is 5.81. The number of hydrogen-bond acceptors (Lipinski definition) is 3. The van der Waals surface area contributed by atoms with E-state index in [1.54, 1.807) is 11.9 Å². The Hall–Kier alpha value is -0.810. The van der Waals surface area contributed by atoms with Gasteiger partial charge in [0.25, 0.3) is 0 Å². The molecule has 0 aliphatic carbocycles. The molecule has 0 unspecified atom stereocenters. The summed E-state index contributed by atoms with van der Waals surface area (Å²) in [6.45, 7) is 3.15. The molecule has 1 aliphatic heterocycles. The Morgan fingerprint density at radius 3 is 2.67 bits per heavy atom. The van der Waals surface area contributed by atoms with E-state index in [2.05, 4.69) is 17.4 Å². The van der Waals surface area contributed by atoms with Crippen molar-refractivity contribution in [1.29, 1.82) is 0 Å². The first-order chi connectivity index (χ1) is 7.13. The first kappa shape index (κ1) is 12.3. The molecule has 1 aliphatic rings. The van der Waals surface area contributed by atoms with Crippen LogP contribution in [0, 0.1) is 5.92 Å². The Kier molecular flexibility index (Phi) is 4.84. The van der Waals surface area contributed by atoms with Crippen LogP contribution in [0.15, 0.2) is 0 Å². The van der Waals surface area contributed by atoms with Crippen LogP contribution in [-0.2, 0) is 0 Å². The highest BCUT2D eigenvalue weighted by atomic mass is 16.2. The van der Waals surface area contributed by atoms with Gasteiger partial charge in [-0.25, -0.2) is 10.6 Å². The minimum absolute atomic E-state index is 0.206. The third-order valence-electron chi connectivity index (χ3n) is 3.18. The molecule has 3 N–H and O–H groups in total. The predicted octanol–water partition coefficient (Wildman–Crippen LogP) is 0.233. The molecule has 0 atom stereocenters. The molecule has 0 spiro atoms. The van der Waals surface area contributed by atoms with Crippen LogP contribution < -0.4 is 11.3 Å². The first-order valence-electron chi connectivity index (χ1n) is 5.53. The molecule has 0 radical (unpaired) electrons. The summed E-state index contributed by atoms with van der Waals surface area (Å²) in [5, 5.41) is 0. The lowest BCUT2D eigenvalue weighted by atomic mass is 9.94. The number of nitrogens with one attached hydrogen (secondary N) is 1. The number of hydrogen-bond donors (Lipinski definition) is 2. The average Bonchev–Trinajstić information content (AvgIpc) is 2.26.